The van der Waals surface area contributed by atoms with E-state index in [0.29, 0.717) is 12.4 Å². The Bertz CT molecular complexity index is 822. The third kappa shape index (κ3) is 2.48. The molecule has 0 aliphatic rings. The quantitative estimate of drug-likeness (QED) is 0.782. The second-order valence-corrected chi connectivity index (χ2v) is 6.39. The van der Waals surface area contributed by atoms with Gasteiger partial charge in [-0.3, -0.25) is 9.51 Å². The maximum absolute atomic E-state index is 10.9. The Morgan fingerprint density at radius 1 is 1.50 bits per heavy atom. The molecule has 0 atom stereocenters. The van der Waals surface area contributed by atoms with Gasteiger partial charge in [-0.2, -0.15) is 0 Å². The van der Waals surface area contributed by atoms with Gasteiger partial charge in [0.05, 0.1) is 16.8 Å². The van der Waals surface area contributed by atoms with Crippen molar-refractivity contribution in [2.45, 2.75) is 13.5 Å². The first kappa shape index (κ1) is 13.3. The van der Waals surface area contributed by atoms with Crippen LogP contribution in [0, 0.1) is 6.92 Å². The van der Waals surface area contributed by atoms with Crippen LogP contribution >= 0.6 is 27.3 Å². The highest BCUT2D eigenvalue weighted by Gasteiger charge is 2.13. The van der Waals surface area contributed by atoms with Crippen LogP contribution in [-0.4, -0.2) is 22.2 Å². The van der Waals surface area contributed by atoms with Gasteiger partial charge in [-0.1, -0.05) is 32.4 Å². The van der Waals surface area contributed by atoms with E-state index in [2.05, 4.69) is 41.6 Å². The number of hydrogen-bond acceptors (Lipinski definition) is 6. The van der Waals surface area contributed by atoms with Crippen molar-refractivity contribution in [1.29, 1.82) is 0 Å². The van der Waals surface area contributed by atoms with Gasteiger partial charge in [0, 0.05) is 11.5 Å². The number of fused-ring (bicyclic) bond motifs is 1. The molecule has 0 bridgehead atoms. The number of halogens is 1. The standard InChI is InChI=1S/C12H11BrN4O2S/c1-6-3-7(13)4-8-10(6)15-11(20-8)17(2)5-9-14-12(18)19-16-9/h3-4H,5H2,1-2H3,(H,14,16,18). The van der Waals surface area contributed by atoms with Crippen molar-refractivity contribution in [2.75, 3.05) is 11.9 Å². The highest BCUT2D eigenvalue weighted by Crippen LogP contribution is 2.32. The van der Waals surface area contributed by atoms with Crippen LogP contribution in [0.4, 0.5) is 5.13 Å². The number of anilines is 1. The first-order chi connectivity index (χ1) is 9.52. The zero-order valence-corrected chi connectivity index (χ0v) is 13.2. The van der Waals surface area contributed by atoms with Gasteiger partial charge in [0.2, 0.25) is 0 Å². The third-order valence-electron chi connectivity index (χ3n) is 2.84. The summed E-state index contributed by atoms with van der Waals surface area (Å²) in [5.74, 6) is -0.0628. The zero-order valence-electron chi connectivity index (χ0n) is 10.8. The molecule has 104 valence electrons. The lowest BCUT2D eigenvalue weighted by atomic mass is 10.2. The number of nitrogens with one attached hydrogen (secondary N) is 1. The molecule has 0 saturated carbocycles. The Morgan fingerprint density at radius 3 is 3.00 bits per heavy atom. The Labute approximate surface area is 126 Å². The molecule has 0 aliphatic carbocycles. The lowest BCUT2D eigenvalue weighted by Crippen LogP contribution is -2.17. The molecule has 0 amide bonds. The summed E-state index contributed by atoms with van der Waals surface area (Å²) in [7, 11) is 1.90. The summed E-state index contributed by atoms with van der Waals surface area (Å²) < 4.78 is 6.64. The minimum Gasteiger partial charge on any atom is -0.344 e. The topological polar surface area (TPSA) is 75.0 Å². The molecule has 2 aromatic heterocycles. The van der Waals surface area contributed by atoms with E-state index in [4.69, 9.17) is 0 Å². The van der Waals surface area contributed by atoms with Crippen LogP contribution in [-0.2, 0) is 6.54 Å². The van der Waals surface area contributed by atoms with E-state index in [1.54, 1.807) is 11.3 Å². The van der Waals surface area contributed by atoms with Gasteiger partial charge in [-0.15, -0.1) is 0 Å². The number of benzene rings is 1. The zero-order chi connectivity index (χ0) is 14.3. The number of aromatic amines is 1. The van der Waals surface area contributed by atoms with Gasteiger partial charge in [0.1, 0.15) is 0 Å². The van der Waals surface area contributed by atoms with Crippen LogP contribution in [0.1, 0.15) is 11.4 Å². The third-order valence-corrected chi connectivity index (χ3v) is 4.41. The van der Waals surface area contributed by atoms with Crippen LogP contribution in [0.3, 0.4) is 0 Å². The number of aryl methyl sites for hydroxylation is 1. The molecular formula is C12H11BrN4O2S. The van der Waals surface area contributed by atoms with Gasteiger partial charge >= 0.3 is 5.76 Å². The summed E-state index contributed by atoms with van der Waals surface area (Å²) >= 11 is 5.08. The molecule has 0 radical (unpaired) electrons. The summed E-state index contributed by atoms with van der Waals surface area (Å²) in [4.78, 5) is 20.0. The second kappa shape index (κ2) is 5.02. The molecular weight excluding hydrogens is 344 g/mol. The molecule has 0 aliphatic heterocycles. The van der Waals surface area contributed by atoms with E-state index in [1.165, 1.54) is 0 Å². The van der Waals surface area contributed by atoms with Crippen LogP contribution in [0.2, 0.25) is 0 Å². The van der Waals surface area contributed by atoms with Crippen molar-refractivity contribution in [3.8, 4) is 0 Å². The van der Waals surface area contributed by atoms with Gasteiger partial charge in [-0.25, -0.2) is 9.78 Å². The first-order valence-electron chi connectivity index (χ1n) is 5.85. The maximum Gasteiger partial charge on any atom is 0.438 e. The van der Waals surface area contributed by atoms with E-state index in [9.17, 15) is 4.79 Å². The molecule has 0 saturated heterocycles. The van der Waals surface area contributed by atoms with Crippen molar-refractivity contribution in [2.24, 2.45) is 0 Å². The molecule has 1 N–H and O–H groups in total. The Balaban J connectivity index is 1.93. The maximum atomic E-state index is 10.9. The van der Waals surface area contributed by atoms with Gasteiger partial charge in [0.25, 0.3) is 0 Å². The predicted octanol–water partition coefficient (Wildman–Crippen LogP) is 2.68. The average Bonchev–Trinajstić information content (AvgIpc) is 2.95. The highest BCUT2D eigenvalue weighted by atomic mass is 79.9. The van der Waals surface area contributed by atoms with E-state index in [-0.39, 0.29) is 0 Å². The molecule has 8 heteroatoms. The molecule has 0 unspecified atom stereocenters. The average molecular weight is 355 g/mol. The number of nitrogens with zero attached hydrogens (tertiary/aromatic N) is 3. The second-order valence-electron chi connectivity index (χ2n) is 4.46. The summed E-state index contributed by atoms with van der Waals surface area (Å²) in [6.07, 6.45) is 0. The predicted molar refractivity (Wildman–Crippen MR) is 81.3 cm³/mol. The first-order valence-corrected chi connectivity index (χ1v) is 7.46. The van der Waals surface area contributed by atoms with Crippen molar-refractivity contribution >= 4 is 42.6 Å². The summed E-state index contributed by atoms with van der Waals surface area (Å²) in [5.41, 5.74) is 2.12. The largest absolute Gasteiger partial charge is 0.438 e. The van der Waals surface area contributed by atoms with Gasteiger partial charge in [-0.05, 0) is 24.6 Å². The Kier molecular flexibility index (Phi) is 3.35. The van der Waals surface area contributed by atoms with Crippen molar-refractivity contribution < 1.29 is 4.52 Å². The van der Waals surface area contributed by atoms with Crippen LogP contribution in [0.25, 0.3) is 10.2 Å². The number of rotatable bonds is 3. The molecule has 0 fully saturated rings. The SMILES string of the molecule is Cc1cc(Br)cc2sc(N(C)Cc3noc(=O)[nH]3)nc12. The fraction of sp³-hybridized carbons (Fsp3) is 0.250. The van der Waals surface area contributed by atoms with Crippen LogP contribution in [0.15, 0.2) is 25.9 Å². The molecule has 1 aromatic carbocycles. The lowest BCUT2D eigenvalue weighted by Gasteiger charge is -2.12. The van der Waals surface area contributed by atoms with E-state index in [1.807, 2.05) is 24.9 Å². The highest BCUT2D eigenvalue weighted by molar-refractivity contribution is 9.10. The number of aromatic nitrogens is 3. The fourth-order valence-electron chi connectivity index (χ4n) is 1.93. The van der Waals surface area contributed by atoms with Crippen molar-refractivity contribution in [3.63, 3.8) is 0 Å². The van der Waals surface area contributed by atoms with E-state index < -0.39 is 5.76 Å². The fourth-order valence-corrected chi connectivity index (χ4v) is 3.69. The molecule has 3 aromatic rings. The smallest absolute Gasteiger partial charge is 0.344 e. The van der Waals surface area contributed by atoms with Crippen molar-refractivity contribution in [3.05, 3.63) is 38.5 Å². The minimum atomic E-state index is -0.544. The molecule has 6 nitrogen and oxygen atoms in total. The Morgan fingerprint density at radius 2 is 2.30 bits per heavy atom. The van der Waals surface area contributed by atoms with E-state index in [0.717, 1.165) is 25.4 Å². The molecule has 3 rings (SSSR count). The number of hydrogen-bond donors (Lipinski definition) is 1. The van der Waals surface area contributed by atoms with Gasteiger partial charge in [0.15, 0.2) is 11.0 Å². The number of H-pyrrole nitrogens is 1. The van der Waals surface area contributed by atoms with E-state index >= 15 is 0 Å². The molecule has 0 spiro atoms. The molecule has 20 heavy (non-hydrogen) atoms. The van der Waals surface area contributed by atoms with Crippen LogP contribution < -0.4 is 10.7 Å². The minimum absolute atomic E-state index is 0.436. The van der Waals surface area contributed by atoms with Gasteiger partial charge < -0.3 is 4.90 Å². The summed E-state index contributed by atoms with van der Waals surface area (Å²) in [6, 6.07) is 4.09. The lowest BCUT2D eigenvalue weighted by molar-refractivity contribution is 0.381. The normalized spacial score (nSPS) is 11.2. The Hall–Kier alpha value is -1.67. The summed E-state index contributed by atoms with van der Waals surface area (Å²) in [6.45, 7) is 2.47. The monoisotopic (exact) mass is 354 g/mol. The number of thiazole rings is 1. The summed E-state index contributed by atoms with van der Waals surface area (Å²) in [5, 5.41) is 4.52. The van der Waals surface area contributed by atoms with Crippen molar-refractivity contribution in [1.82, 2.24) is 15.1 Å². The molecule has 2 heterocycles. The van der Waals surface area contributed by atoms with Crippen LogP contribution in [0.5, 0.6) is 0 Å².